The predicted molar refractivity (Wildman–Crippen MR) is 93.4 cm³/mol. The summed E-state index contributed by atoms with van der Waals surface area (Å²) in [5.74, 6) is 0.490. The van der Waals surface area contributed by atoms with Crippen molar-refractivity contribution in [2.75, 3.05) is 0 Å². The molecule has 4 aliphatic rings. The van der Waals surface area contributed by atoms with Crippen molar-refractivity contribution in [3.05, 3.63) is 0 Å². The topological polar surface area (TPSA) is 57.5 Å². The van der Waals surface area contributed by atoms with E-state index in [9.17, 15) is 15.0 Å². The SMILES string of the molecule is CC1(C)C2CCC1(C)C(O)(C(=O)C1(O)CC3CCC1(C)C3(C)C)C2. The van der Waals surface area contributed by atoms with Gasteiger partial charge in [0.15, 0.2) is 5.78 Å². The van der Waals surface area contributed by atoms with Crippen LogP contribution in [0.25, 0.3) is 0 Å². The Morgan fingerprint density at radius 1 is 0.750 bits per heavy atom. The lowest BCUT2D eigenvalue weighted by Crippen LogP contribution is -2.65. The van der Waals surface area contributed by atoms with Gasteiger partial charge in [0, 0.05) is 10.8 Å². The molecular weight excluding hydrogens is 300 g/mol. The van der Waals surface area contributed by atoms with Gasteiger partial charge in [-0.25, -0.2) is 0 Å². The van der Waals surface area contributed by atoms with E-state index in [4.69, 9.17) is 0 Å². The van der Waals surface area contributed by atoms with Gasteiger partial charge in [-0.1, -0.05) is 41.5 Å². The second-order valence-corrected chi connectivity index (χ2v) is 11.0. The predicted octanol–water partition coefficient (Wildman–Crippen LogP) is 3.71. The van der Waals surface area contributed by atoms with E-state index < -0.39 is 22.0 Å². The first kappa shape index (κ1) is 17.0. The largest absolute Gasteiger partial charge is 0.381 e. The minimum atomic E-state index is -1.38. The Hall–Kier alpha value is -0.410. The Labute approximate surface area is 146 Å². The summed E-state index contributed by atoms with van der Waals surface area (Å²) in [6.07, 6.45) is 4.99. The second kappa shape index (κ2) is 4.11. The summed E-state index contributed by atoms with van der Waals surface area (Å²) in [6.45, 7) is 13.0. The van der Waals surface area contributed by atoms with Gasteiger partial charge in [-0.15, -0.1) is 0 Å². The molecule has 2 N–H and O–H groups in total. The molecule has 0 aromatic heterocycles. The first-order valence-corrected chi connectivity index (χ1v) is 9.78. The maximum Gasteiger partial charge on any atom is 0.196 e. The van der Waals surface area contributed by atoms with Crippen LogP contribution in [-0.4, -0.2) is 27.2 Å². The maximum atomic E-state index is 13.8. The minimum absolute atomic E-state index is 0.0538. The summed E-state index contributed by atoms with van der Waals surface area (Å²) < 4.78 is 0. The molecule has 0 amide bonds. The average molecular weight is 335 g/mol. The molecule has 0 aliphatic heterocycles. The number of fused-ring (bicyclic) bond motifs is 4. The van der Waals surface area contributed by atoms with Gasteiger partial charge < -0.3 is 10.2 Å². The zero-order chi connectivity index (χ0) is 18.0. The molecule has 3 heteroatoms. The van der Waals surface area contributed by atoms with Gasteiger partial charge in [-0.05, 0) is 61.2 Å². The third-order valence-electron chi connectivity index (χ3n) is 10.5. The summed E-state index contributed by atoms with van der Waals surface area (Å²) in [5, 5.41) is 23.3. The van der Waals surface area contributed by atoms with Crippen LogP contribution in [0.4, 0.5) is 0 Å². The molecule has 4 rings (SSSR count). The molecule has 4 bridgehead atoms. The van der Waals surface area contributed by atoms with Gasteiger partial charge in [-0.3, -0.25) is 4.79 Å². The van der Waals surface area contributed by atoms with Gasteiger partial charge in [0.2, 0.25) is 0 Å². The van der Waals surface area contributed by atoms with Crippen molar-refractivity contribution in [1.29, 1.82) is 0 Å². The molecule has 0 aromatic rings. The zero-order valence-electron chi connectivity index (χ0n) is 16.2. The highest BCUT2D eigenvalue weighted by atomic mass is 16.3. The van der Waals surface area contributed by atoms with Gasteiger partial charge in [0.25, 0.3) is 0 Å². The molecule has 0 radical (unpaired) electrons. The normalized spacial score (nSPS) is 56.8. The van der Waals surface area contributed by atoms with E-state index >= 15 is 0 Å². The maximum absolute atomic E-state index is 13.8. The second-order valence-electron chi connectivity index (χ2n) is 11.0. The van der Waals surface area contributed by atoms with Crippen LogP contribution < -0.4 is 0 Å². The Morgan fingerprint density at radius 3 is 1.29 bits per heavy atom. The lowest BCUT2D eigenvalue weighted by molar-refractivity contribution is -0.189. The molecule has 24 heavy (non-hydrogen) atoms. The van der Waals surface area contributed by atoms with Gasteiger partial charge in [0.05, 0.1) is 0 Å². The third-order valence-corrected chi connectivity index (χ3v) is 10.5. The summed E-state index contributed by atoms with van der Waals surface area (Å²) >= 11 is 0. The van der Waals surface area contributed by atoms with Crippen LogP contribution in [0.3, 0.4) is 0 Å². The molecule has 4 fully saturated rings. The monoisotopic (exact) mass is 334 g/mol. The fraction of sp³-hybridized carbons (Fsp3) is 0.952. The Balaban J connectivity index is 1.79. The van der Waals surface area contributed by atoms with Crippen molar-refractivity contribution in [2.45, 2.75) is 91.3 Å². The van der Waals surface area contributed by atoms with Gasteiger partial charge in [-0.2, -0.15) is 0 Å². The first-order valence-electron chi connectivity index (χ1n) is 9.78. The van der Waals surface area contributed by atoms with Crippen molar-refractivity contribution in [3.8, 4) is 0 Å². The standard InChI is InChI=1S/C21H34O3/c1-16(2)13-7-9-18(16,5)20(23,11-13)15(22)21(24)12-14-8-10-19(21,6)17(14,3)4/h13-14,23-24H,7-12H2,1-6H3. The van der Waals surface area contributed by atoms with E-state index in [0.29, 0.717) is 24.7 Å². The third kappa shape index (κ3) is 1.37. The number of carbonyl (C=O) groups is 1. The lowest BCUT2D eigenvalue weighted by atomic mass is 9.56. The van der Waals surface area contributed by atoms with E-state index in [0.717, 1.165) is 25.7 Å². The number of ketones is 1. The molecule has 4 aliphatic carbocycles. The molecule has 0 spiro atoms. The van der Waals surface area contributed by atoms with E-state index in [1.807, 2.05) is 0 Å². The number of aliphatic hydroxyl groups is 2. The van der Waals surface area contributed by atoms with Crippen molar-refractivity contribution < 1.29 is 15.0 Å². The van der Waals surface area contributed by atoms with E-state index in [1.165, 1.54) is 0 Å². The Morgan fingerprint density at radius 2 is 1.08 bits per heavy atom. The Bertz CT molecular complexity index is 571. The molecule has 6 atom stereocenters. The molecule has 0 saturated heterocycles. The summed E-state index contributed by atoms with van der Waals surface area (Å²) in [5.41, 5.74) is -3.72. The smallest absolute Gasteiger partial charge is 0.196 e. The van der Waals surface area contributed by atoms with Crippen LogP contribution in [0.2, 0.25) is 0 Å². The van der Waals surface area contributed by atoms with Crippen LogP contribution in [-0.2, 0) is 4.79 Å². The van der Waals surface area contributed by atoms with Gasteiger partial charge in [0.1, 0.15) is 11.2 Å². The van der Waals surface area contributed by atoms with Crippen LogP contribution in [0.1, 0.15) is 80.1 Å². The quantitative estimate of drug-likeness (QED) is 0.809. The van der Waals surface area contributed by atoms with Crippen molar-refractivity contribution in [1.82, 2.24) is 0 Å². The number of hydrogen-bond donors (Lipinski definition) is 2. The fourth-order valence-corrected chi connectivity index (χ4v) is 7.58. The van der Waals surface area contributed by atoms with E-state index in [-0.39, 0.29) is 16.6 Å². The van der Waals surface area contributed by atoms with E-state index in [2.05, 4.69) is 41.5 Å². The number of rotatable bonds is 2. The number of hydrogen-bond acceptors (Lipinski definition) is 3. The summed E-state index contributed by atoms with van der Waals surface area (Å²) in [7, 11) is 0. The van der Waals surface area contributed by atoms with Crippen LogP contribution >= 0.6 is 0 Å². The van der Waals surface area contributed by atoms with E-state index in [1.54, 1.807) is 0 Å². The number of Topliss-reactive ketones (excluding diaryl/α,β-unsaturated/α-hetero) is 1. The van der Waals surface area contributed by atoms with Crippen molar-refractivity contribution in [2.24, 2.45) is 33.5 Å². The highest BCUT2D eigenvalue weighted by Gasteiger charge is 2.78. The summed E-state index contributed by atoms with van der Waals surface area (Å²) in [4.78, 5) is 13.8. The molecule has 0 heterocycles. The molecule has 4 saturated carbocycles. The first-order chi connectivity index (χ1) is 10.8. The van der Waals surface area contributed by atoms with Crippen molar-refractivity contribution in [3.63, 3.8) is 0 Å². The highest BCUT2D eigenvalue weighted by Crippen LogP contribution is 2.74. The van der Waals surface area contributed by atoms with Crippen LogP contribution in [0, 0.1) is 33.5 Å². The zero-order valence-corrected chi connectivity index (χ0v) is 16.2. The fourth-order valence-electron chi connectivity index (χ4n) is 7.58. The molecule has 0 aromatic carbocycles. The van der Waals surface area contributed by atoms with Gasteiger partial charge >= 0.3 is 0 Å². The minimum Gasteiger partial charge on any atom is -0.381 e. The molecule has 3 nitrogen and oxygen atoms in total. The molecule has 6 unspecified atom stereocenters. The molecular formula is C21H34O3. The lowest BCUT2D eigenvalue weighted by Gasteiger charge is -2.51. The summed E-state index contributed by atoms with van der Waals surface area (Å²) in [6, 6.07) is 0. The van der Waals surface area contributed by atoms with Crippen LogP contribution in [0.5, 0.6) is 0 Å². The number of carbonyl (C=O) groups excluding carboxylic acids is 1. The van der Waals surface area contributed by atoms with Crippen molar-refractivity contribution >= 4 is 5.78 Å². The van der Waals surface area contributed by atoms with Crippen LogP contribution in [0.15, 0.2) is 0 Å². The molecule has 136 valence electrons. The highest BCUT2D eigenvalue weighted by molar-refractivity contribution is 5.97. The Kier molecular flexibility index (Phi) is 2.92. The average Bonchev–Trinajstić information content (AvgIpc) is 2.97.